The summed E-state index contributed by atoms with van der Waals surface area (Å²) in [6.45, 7) is 6.94. The number of rotatable bonds is 13. The molecule has 0 aliphatic carbocycles. The summed E-state index contributed by atoms with van der Waals surface area (Å²) in [7, 11) is 3.27. The van der Waals surface area contributed by atoms with E-state index in [9.17, 15) is 5.11 Å². The zero-order valence-electron chi connectivity index (χ0n) is 12.6. The molecular weight excluding hydrogens is 250 g/mol. The van der Waals surface area contributed by atoms with Crippen LogP contribution in [0.4, 0.5) is 0 Å². The van der Waals surface area contributed by atoms with Gasteiger partial charge < -0.3 is 29.4 Å². The van der Waals surface area contributed by atoms with Gasteiger partial charge in [-0.25, -0.2) is 0 Å². The molecule has 6 heteroatoms. The maximum atomic E-state index is 9.67. The molecule has 116 valence electrons. The topological polar surface area (TPSA) is 69.2 Å². The maximum Gasteiger partial charge on any atom is 0.0928 e. The number of hydrogen-bond acceptors (Lipinski definition) is 6. The van der Waals surface area contributed by atoms with Gasteiger partial charge in [-0.15, -0.1) is 0 Å². The van der Waals surface area contributed by atoms with Gasteiger partial charge in [0.05, 0.1) is 44.7 Å². The van der Waals surface area contributed by atoms with E-state index in [1.54, 1.807) is 14.2 Å². The summed E-state index contributed by atoms with van der Waals surface area (Å²) < 4.78 is 20.8. The van der Waals surface area contributed by atoms with Crippen LogP contribution in [0.2, 0.25) is 0 Å². The van der Waals surface area contributed by atoms with Crippen LogP contribution in [-0.2, 0) is 18.9 Å². The molecule has 0 aliphatic rings. The normalized spacial score (nSPS) is 14.8. The van der Waals surface area contributed by atoms with E-state index in [1.165, 1.54) is 0 Å². The monoisotopic (exact) mass is 279 g/mol. The molecule has 0 aliphatic heterocycles. The van der Waals surface area contributed by atoms with Gasteiger partial charge in [0.1, 0.15) is 0 Å². The lowest BCUT2D eigenvalue weighted by atomic mass is 10.3. The van der Waals surface area contributed by atoms with Gasteiger partial charge in [-0.3, -0.25) is 0 Å². The van der Waals surface area contributed by atoms with Crippen LogP contribution in [0.5, 0.6) is 0 Å². The third-order valence-electron chi connectivity index (χ3n) is 2.43. The van der Waals surface area contributed by atoms with E-state index >= 15 is 0 Å². The molecule has 0 aromatic carbocycles. The van der Waals surface area contributed by atoms with Crippen molar-refractivity contribution in [3.8, 4) is 0 Å². The van der Waals surface area contributed by atoms with Crippen molar-refractivity contribution in [2.24, 2.45) is 0 Å². The number of aliphatic hydroxyl groups excluding tert-OH is 1. The first-order valence-corrected chi connectivity index (χ1v) is 6.70. The van der Waals surface area contributed by atoms with Crippen LogP contribution < -0.4 is 5.32 Å². The summed E-state index contributed by atoms with van der Waals surface area (Å²) in [5, 5.41) is 12.8. The van der Waals surface area contributed by atoms with E-state index in [-0.39, 0.29) is 12.2 Å². The molecule has 2 N–H and O–H groups in total. The Balaban J connectivity index is 3.40. The van der Waals surface area contributed by atoms with Crippen molar-refractivity contribution < 1.29 is 24.1 Å². The van der Waals surface area contributed by atoms with Crippen molar-refractivity contribution in [1.29, 1.82) is 0 Å². The van der Waals surface area contributed by atoms with Crippen molar-refractivity contribution in [3.05, 3.63) is 0 Å². The van der Waals surface area contributed by atoms with Crippen molar-refractivity contribution >= 4 is 0 Å². The van der Waals surface area contributed by atoms with E-state index in [0.717, 1.165) is 0 Å². The molecule has 0 rings (SSSR count). The van der Waals surface area contributed by atoms with E-state index in [0.29, 0.717) is 39.5 Å². The van der Waals surface area contributed by atoms with Crippen molar-refractivity contribution in [1.82, 2.24) is 5.32 Å². The Hall–Kier alpha value is -0.240. The number of ether oxygens (including phenoxy) is 4. The first-order chi connectivity index (χ1) is 9.10. The molecule has 0 saturated carbocycles. The summed E-state index contributed by atoms with van der Waals surface area (Å²) in [6, 6.07) is 0. The van der Waals surface area contributed by atoms with Crippen molar-refractivity contribution in [2.75, 3.05) is 53.7 Å². The van der Waals surface area contributed by atoms with Crippen LogP contribution in [0.3, 0.4) is 0 Å². The molecule has 0 amide bonds. The lowest BCUT2D eigenvalue weighted by Crippen LogP contribution is -2.37. The molecule has 0 fully saturated rings. The Labute approximate surface area is 116 Å². The maximum absolute atomic E-state index is 9.67. The van der Waals surface area contributed by atoms with E-state index in [1.807, 2.05) is 13.8 Å². The molecule has 0 aromatic heterocycles. The Kier molecular flexibility index (Phi) is 12.6. The average molecular weight is 279 g/mol. The van der Waals surface area contributed by atoms with Gasteiger partial charge in [0.25, 0.3) is 0 Å². The highest BCUT2D eigenvalue weighted by Gasteiger charge is 2.08. The van der Waals surface area contributed by atoms with Gasteiger partial charge >= 0.3 is 0 Å². The fourth-order valence-electron chi connectivity index (χ4n) is 1.43. The fourth-order valence-corrected chi connectivity index (χ4v) is 1.43. The van der Waals surface area contributed by atoms with E-state index in [4.69, 9.17) is 18.9 Å². The molecule has 19 heavy (non-hydrogen) atoms. The minimum atomic E-state index is -0.529. The highest BCUT2D eigenvalue weighted by molar-refractivity contribution is 4.64. The Morgan fingerprint density at radius 2 is 1.79 bits per heavy atom. The molecule has 0 aromatic rings. The second-order valence-electron chi connectivity index (χ2n) is 4.62. The molecule has 2 atom stereocenters. The standard InChI is InChI=1S/C13H29NO5/c1-11(2)19-6-5-18-9-12(15)7-14-8-13(17-4)10-16-3/h11-15H,5-10H2,1-4H3. The second-order valence-corrected chi connectivity index (χ2v) is 4.62. The van der Waals surface area contributed by atoms with Gasteiger partial charge in [-0.05, 0) is 13.8 Å². The predicted molar refractivity (Wildman–Crippen MR) is 73.5 cm³/mol. The number of aliphatic hydroxyl groups is 1. The van der Waals surface area contributed by atoms with Crippen LogP contribution in [0.1, 0.15) is 13.8 Å². The molecule has 6 nitrogen and oxygen atoms in total. The van der Waals surface area contributed by atoms with Gasteiger partial charge in [0.15, 0.2) is 0 Å². The van der Waals surface area contributed by atoms with Crippen molar-refractivity contribution in [2.45, 2.75) is 32.2 Å². The molecule has 0 radical (unpaired) electrons. The zero-order chi connectivity index (χ0) is 14.5. The SMILES string of the molecule is COCC(CNCC(O)COCCOC(C)C)OC. The number of hydrogen-bond donors (Lipinski definition) is 2. The molecule has 0 heterocycles. The lowest BCUT2D eigenvalue weighted by Gasteiger charge is -2.17. The molecule has 0 saturated heterocycles. The summed E-state index contributed by atoms with van der Waals surface area (Å²) in [4.78, 5) is 0. The fraction of sp³-hybridized carbons (Fsp3) is 1.00. The Morgan fingerprint density at radius 1 is 1.05 bits per heavy atom. The molecule has 0 bridgehead atoms. The van der Waals surface area contributed by atoms with Crippen molar-refractivity contribution in [3.63, 3.8) is 0 Å². The minimum absolute atomic E-state index is 0.00226. The first-order valence-electron chi connectivity index (χ1n) is 6.70. The van der Waals surface area contributed by atoms with Crippen LogP contribution in [0.25, 0.3) is 0 Å². The highest BCUT2D eigenvalue weighted by atomic mass is 16.5. The minimum Gasteiger partial charge on any atom is -0.389 e. The third kappa shape index (κ3) is 12.5. The summed E-state index contributed by atoms with van der Waals surface area (Å²) in [6.07, 6.45) is -0.321. The van der Waals surface area contributed by atoms with Gasteiger partial charge in [0.2, 0.25) is 0 Å². The summed E-state index contributed by atoms with van der Waals surface area (Å²) >= 11 is 0. The highest BCUT2D eigenvalue weighted by Crippen LogP contribution is 1.91. The largest absolute Gasteiger partial charge is 0.389 e. The molecule has 0 spiro atoms. The first kappa shape index (κ1) is 18.8. The molecule has 2 unspecified atom stereocenters. The zero-order valence-corrected chi connectivity index (χ0v) is 12.6. The lowest BCUT2D eigenvalue weighted by molar-refractivity contribution is -0.0120. The second kappa shape index (κ2) is 12.8. The van der Waals surface area contributed by atoms with Gasteiger partial charge in [-0.1, -0.05) is 0 Å². The number of methoxy groups -OCH3 is 2. The van der Waals surface area contributed by atoms with Crippen LogP contribution in [0.15, 0.2) is 0 Å². The third-order valence-corrected chi connectivity index (χ3v) is 2.43. The van der Waals surface area contributed by atoms with Crippen LogP contribution in [0, 0.1) is 0 Å². The summed E-state index contributed by atoms with van der Waals surface area (Å²) in [5.74, 6) is 0. The quantitative estimate of drug-likeness (QED) is 0.464. The predicted octanol–water partition coefficient (Wildman–Crippen LogP) is 0.0399. The Morgan fingerprint density at radius 3 is 2.37 bits per heavy atom. The van der Waals surface area contributed by atoms with E-state index < -0.39 is 6.10 Å². The Bertz CT molecular complexity index is 192. The average Bonchev–Trinajstić information content (AvgIpc) is 2.37. The molecular formula is C13H29NO5. The van der Waals surface area contributed by atoms with E-state index in [2.05, 4.69) is 5.32 Å². The summed E-state index contributed by atoms with van der Waals surface area (Å²) in [5.41, 5.74) is 0. The van der Waals surface area contributed by atoms with Crippen LogP contribution >= 0.6 is 0 Å². The van der Waals surface area contributed by atoms with Gasteiger partial charge in [0, 0.05) is 27.3 Å². The van der Waals surface area contributed by atoms with Gasteiger partial charge in [-0.2, -0.15) is 0 Å². The smallest absolute Gasteiger partial charge is 0.0928 e. The number of nitrogens with one attached hydrogen (secondary N) is 1. The van der Waals surface area contributed by atoms with Crippen LogP contribution in [-0.4, -0.2) is 77.2 Å².